The Hall–Kier alpha value is -2.31. The number of hydrogen-bond acceptors (Lipinski definition) is 4. The molecule has 29 heavy (non-hydrogen) atoms. The third-order valence-corrected chi connectivity index (χ3v) is 6.61. The van der Waals surface area contributed by atoms with Crippen molar-refractivity contribution in [1.82, 2.24) is 5.32 Å². The van der Waals surface area contributed by atoms with Gasteiger partial charge in [0.25, 0.3) is 5.91 Å². The summed E-state index contributed by atoms with van der Waals surface area (Å²) in [5.41, 5.74) is 2.83. The predicted octanol–water partition coefficient (Wildman–Crippen LogP) is 3.67. The van der Waals surface area contributed by atoms with E-state index in [2.05, 4.69) is 11.4 Å². The highest BCUT2D eigenvalue weighted by atomic mass is 32.2. The molecule has 1 N–H and O–H groups in total. The number of thioether (sulfide) groups is 1. The molecule has 6 heteroatoms. The van der Waals surface area contributed by atoms with E-state index in [9.17, 15) is 9.59 Å². The van der Waals surface area contributed by atoms with E-state index in [1.165, 1.54) is 17.3 Å². The first-order valence-corrected chi connectivity index (χ1v) is 11.1. The molecule has 0 aliphatic carbocycles. The maximum Gasteiger partial charge on any atom is 0.252 e. The maximum atomic E-state index is 12.8. The second-order valence-electron chi connectivity index (χ2n) is 7.52. The Morgan fingerprint density at radius 3 is 2.83 bits per heavy atom. The van der Waals surface area contributed by atoms with E-state index in [4.69, 9.17) is 4.74 Å². The van der Waals surface area contributed by atoms with E-state index < -0.39 is 0 Å². The molecule has 2 aromatic carbocycles. The molecule has 0 aromatic heterocycles. The van der Waals surface area contributed by atoms with E-state index in [-0.39, 0.29) is 24.0 Å². The number of nitrogens with one attached hydrogen (secondary N) is 1. The summed E-state index contributed by atoms with van der Waals surface area (Å²) in [7, 11) is 0. The molecule has 2 unspecified atom stereocenters. The summed E-state index contributed by atoms with van der Waals surface area (Å²) in [6.07, 6.45) is 2.99. The SMILES string of the molecule is CC(NC(=O)c1ccccc1SCC(=O)N1CCc2ccccc21)C1CCCO1. The maximum absolute atomic E-state index is 12.8. The smallest absolute Gasteiger partial charge is 0.252 e. The molecule has 0 radical (unpaired) electrons. The van der Waals surface area contributed by atoms with Crippen molar-refractivity contribution < 1.29 is 14.3 Å². The van der Waals surface area contributed by atoms with Gasteiger partial charge in [0.15, 0.2) is 0 Å². The van der Waals surface area contributed by atoms with Gasteiger partial charge in [0.2, 0.25) is 5.91 Å². The summed E-state index contributed by atoms with van der Waals surface area (Å²) in [4.78, 5) is 28.3. The molecule has 2 heterocycles. The zero-order valence-corrected chi connectivity index (χ0v) is 17.4. The number of para-hydroxylation sites is 1. The highest BCUT2D eigenvalue weighted by Crippen LogP contribution is 2.30. The van der Waals surface area contributed by atoms with Crippen LogP contribution in [0.15, 0.2) is 53.4 Å². The summed E-state index contributed by atoms with van der Waals surface area (Å²) in [5, 5.41) is 3.06. The molecule has 2 aromatic rings. The standard InChI is InChI=1S/C23H26N2O3S/c1-16(20-10-6-14-28-20)24-23(27)18-8-3-5-11-21(18)29-15-22(26)25-13-12-17-7-2-4-9-19(17)25/h2-5,7-9,11,16,20H,6,10,12-15H2,1H3,(H,24,27). The highest BCUT2D eigenvalue weighted by molar-refractivity contribution is 8.00. The number of benzene rings is 2. The van der Waals surface area contributed by atoms with Crippen molar-refractivity contribution >= 4 is 29.3 Å². The van der Waals surface area contributed by atoms with Crippen LogP contribution in [-0.2, 0) is 16.0 Å². The Balaban J connectivity index is 1.39. The molecule has 0 bridgehead atoms. The molecular weight excluding hydrogens is 384 g/mol. The van der Waals surface area contributed by atoms with Crippen molar-refractivity contribution in [2.45, 2.75) is 43.2 Å². The Bertz CT molecular complexity index is 895. The third-order valence-electron chi connectivity index (χ3n) is 5.55. The van der Waals surface area contributed by atoms with Gasteiger partial charge in [-0.15, -0.1) is 11.8 Å². The van der Waals surface area contributed by atoms with E-state index in [0.29, 0.717) is 11.3 Å². The lowest BCUT2D eigenvalue weighted by Gasteiger charge is -2.21. The van der Waals surface area contributed by atoms with Crippen LogP contribution in [-0.4, -0.2) is 42.9 Å². The number of fused-ring (bicyclic) bond motifs is 1. The van der Waals surface area contributed by atoms with Crippen molar-refractivity contribution in [3.05, 3.63) is 59.7 Å². The first-order chi connectivity index (χ1) is 14.1. The molecule has 2 aliphatic rings. The molecule has 2 amide bonds. The number of carbonyl (C=O) groups is 2. The average molecular weight is 411 g/mol. The number of nitrogens with zero attached hydrogens (tertiary/aromatic N) is 1. The number of rotatable bonds is 6. The summed E-state index contributed by atoms with van der Waals surface area (Å²) in [6, 6.07) is 15.5. The summed E-state index contributed by atoms with van der Waals surface area (Å²) in [5.74, 6) is 0.262. The lowest BCUT2D eigenvalue weighted by molar-refractivity contribution is -0.116. The van der Waals surface area contributed by atoms with Crippen LogP contribution in [0, 0.1) is 0 Å². The lowest BCUT2D eigenvalue weighted by Crippen LogP contribution is -2.41. The van der Waals surface area contributed by atoms with E-state index in [1.54, 1.807) is 0 Å². The van der Waals surface area contributed by atoms with Crippen molar-refractivity contribution in [3.8, 4) is 0 Å². The lowest BCUT2D eigenvalue weighted by atomic mass is 10.1. The molecule has 152 valence electrons. The van der Waals surface area contributed by atoms with Crippen LogP contribution in [0.5, 0.6) is 0 Å². The third kappa shape index (κ3) is 4.49. The zero-order chi connectivity index (χ0) is 20.2. The van der Waals surface area contributed by atoms with E-state index in [0.717, 1.165) is 43.0 Å². The number of hydrogen-bond donors (Lipinski definition) is 1. The van der Waals surface area contributed by atoms with Gasteiger partial charge < -0.3 is 15.0 Å². The second-order valence-corrected chi connectivity index (χ2v) is 8.54. The van der Waals surface area contributed by atoms with Crippen LogP contribution in [0.2, 0.25) is 0 Å². The van der Waals surface area contributed by atoms with E-state index >= 15 is 0 Å². The number of ether oxygens (including phenoxy) is 1. The highest BCUT2D eigenvalue weighted by Gasteiger charge is 2.26. The molecule has 2 atom stereocenters. The van der Waals surface area contributed by atoms with Crippen LogP contribution >= 0.6 is 11.8 Å². The zero-order valence-electron chi connectivity index (χ0n) is 16.6. The van der Waals surface area contributed by atoms with Crippen LogP contribution in [0.1, 0.15) is 35.7 Å². The minimum Gasteiger partial charge on any atom is -0.376 e. The van der Waals surface area contributed by atoms with Gasteiger partial charge in [-0.3, -0.25) is 9.59 Å². The molecular formula is C23H26N2O3S. The fourth-order valence-corrected chi connectivity index (χ4v) is 4.90. The van der Waals surface area contributed by atoms with Gasteiger partial charge in [-0.1, -0.05) is 30.3 Å². The molecule has 1 saturated heterocycles. The topological polar surface area (TPSA) is 58.6 Å². The van der Waals surface area contributed by atoms with Gasteiger partial charge >= 0.3 is 0 Å². The molecule has 0 saturated carbocycles. The first kappa shape index (κ1) is 20.0. The predicted molar refractivity (Wildman–Crippen MR) is 116 cm³/mol. The quantitative estimate of drug-likeness (QED) is 0.739. The monoisotopic (exact) mass is 410 g/mol. The number of amides is 2. The molecule has 5 nitrogen and oxygen atoms in total. The normalized spacial score (nSPS) is 19.1. The Morgan fingerprint density at radius 1 is 1.21 bits per heavy atom. The summed E-state index contributed by atoms with van der Waals surface area (Å²) >= 11 is 1.42. The molecule has 0 spiro atoms. The summed E-state index contributed by atoms with van der Waals surface area (Å²) in [6.45, 7) is 3.47. The Morgan fingerprint density at radius 2 is 2.00 bits per heavy atom. The minimum absolute atomic E-state index is 0.0363. The Kier molecular flexibility index (Phi) is 6.21. The van der Waals surface area contributed by atoms with Gasteiger partial charge in [0.05, 0.1) is 23.5 Å². The molecule has 2 aliphatic heterocycles. The van der Waals surface area contributed by atoms with Crippen LogP contribution < -0.4 is 10.2 Å². The van der Waals surface area contributed by atoms with Crippen molar-refractivity contribution in [3.63, 3.8) is 0 Å². The fourth-order valence-electron chi connectivity index (χ4n) is 3.97. The van der Waals surface area contributed by atoms with Crippen LogP contribution in [0.25, 0.3) is 0 Å². The van der Waals surface area contributed by atoms with Crippen molar-refractivity contribution in [2.75, 3.05) is 23.8 Å². The fraction of sp³-hybridized carbons (Fsp3) is 0.391. The molecule has 1 fully saturated rings. The number of carbonyl (C=O) groups excluding carboxylic acids is 2. The van der Waals surface area contributed by atoms with Gasteiger partial charge in [-0.25, -0.2) is 0 Å². The average Bonchev–Trinajstić information content (AvgIpc) is 3.42. The Labute approximate surface area is 175 Å². The second kappa shape index (κ2) is 9.01. The van der Waals surface area contributed by atoms with Gasteiger partial charge in [-0.2, -0.15) is 0 Å². The van der Waals surface area contributed by atoms with Gasteiger partial charge in [0.1, 0.15) is 0 Å². The van der Waals surface area contributed by atoms with E-state index in [1.807, 2.05) is 54.3 Å². The van der Waals surface area contributed by atoms with Crippen LogP contribution in [0.3, 0.4) is 0 Å². The minimum atomic E-state index is -0.116. The summed E-state index contributed by atoms with van der Waals surface area (Å²) < 4.78 is 5.68. The van der Waals surface area contributed by atoms with Gasteiger partial charge in [-0.05, 0) is 49.9 Å². The molecule has 4 rings (SSSR count). The largest absolute Gasteiger partial charge is 0.376 e. The van der Waals surface area contributed by atoms with Crippen molar-refractivity contribution in [1.29, 1.82) is 0 Å². The first-order valence-electron chi connectivity index (χ1n) is 10.2. The van der Waals surface area contributed by atoms with Gasteiger partial charge in [0, 0.05) is 23.7 Å². The van der Waals surface area contributed by atoms with Crippen LogP contribution in [0.4, 0.5) is 5.69 Å². The van der Waals surface area contributed by atoms with Crippen molar-refractivity contribution in [2.24, 2.45) is 0 Å². The number of anilines is 1.